The summed E-state index contributed by atoms with van der Waals surface area (Å²) >= 11 is 0. The highest BCUT2D eigenvalue weighted by Gasteiger charge is 2.18. The molecule has 1 amide bonds. The lowest BCUT2D eigenvalue weighted by Crippen LogP contribution is -2.22. The largest absolute Gasteiger partial charge is 0.363 e. The van der Waals surface area contributed by atoms with Gasteiger partial charge in [-0.2, -0.15) is 5.06 Å². The van der Waals surface area contributed by atoms with Gasteiger partial charge >= 0.3 is 0 Å². The molecule has 0 spiro atoms. The molecule has 0 saturated heterocycles. The van der Waals surface area contributed by atoms with Gasteiger partial charge in [0.15, 0.2) is 0 Å². The minimum absolute atomic E-state index is 0.0231. The van der Waals surface area contributed by atoms with Crippen LogP contribution in [-0.2, 0) is 9.63 Å². The van der Waals surface area contributed by atoms with E-state index in [-0.39, 0.29) is 5.69 Å². The fraction of sp³-hybridized carbons (Fsp3) is 0.312. The van der Waals surface area contributed by atoms with Crippen LogP contribution in [0.2, 0.25) is 0 Å². The Morgan fingerprint density at radius 2 is 2.04 bits per heavy atom. The Bertz CT molecular complexity index is 679. The highest BCUT2D eigenvalue weighted by Crippen LogP contribution is 2.34. The van der Waals surface area contributed by atoms with Crippen LogP contribution < -0.4 is 5.06 Å². The Kier molecular flexibility index (Phi) is 5.48. The Balaban J connectivity index is 2.33. The van der Waals surface area contributed by atoms with E-state index in [0.29, 0.717) is 18.7 Å². The molecule has 0 aliphatic carbocycles. The van der Waals surface area contributed by atoms with E-state index in [0.717, 1.165) is 29.7 Å². The third kappa shape index (κ3) is 3.75. The van der Waals surface area contributed by atoms with Crippen LogP contribution in [0.15, 0.2) is 30.5 Å². The number of carbonyl (C=O) groups excluding carboxylic acids is 1. The molecule has 2 aromatic rings. The first-order valence-electron chi connectivity index (χ1n) is 7.38. The molecule has 1 N–H and O–H groups in total. The monoisotopic (exact) mass is 317 g/mol. The van der Waals surface area contributed by atoms with E-state index in [1.54, 1.807) is 18.3 Å². The lowest BCUT2D eigenvalue weighted by Gasteiger charge is -2.17. The summed E-state index contributed by atoms with van der Waals surface area (Å²) < 4.78 is 0. The van der Waals surface area contributed by atoms with Gasteiger partial charge in [0.25, 0.3) is 5.69 Å². The topological polar surface area (TPSA) is 88.5 Å². The van der Waals surface area contributed by atoms with Crippen molar-refractivity contribution in [2.45, 2.75) is 26.7 Å². The van der Waals surface area contributed by atoms with Gasteiger partial charge in [-0.05, 0) is 31.0 Å². The maximum atomic E-state index is 11.3. The molecule has 0 atom stereocenters. The van der Waals surface area contributed by atoms with Crippen molar-refractivity contribution in [1.29, 1.82) is 0 Å². The number of hydroxylamine groups is 1. The first kappa shape index (κ1) is 16.7. The number of unbranched alkanes of at least 4 members (excludes halogenated alkanes) is 1. The van der Waals surface area contributed by atoms with Crippen molar-refractivity contribution in [2.75, 3.05) is 11.7 Å². The summed E-state index contributed by atoms with van der Waals surface area (Å²) in [7, 11) is 0. The Hall–Kier alpha value is -2.67. The number of nitro benzene ring substituents is 1. The van der Waals surface area contributed by atoms with E-state index >= 15 is 0 Å². The summed E-state index contributed by atoms with van der Waals surface area (Å²) in [6, 6.07) is 6.20. The number of benzene rings is 1. The van der Waals surface area contributed by atoms with Crippen LogP contribution in [0.3, 0.4) is 0 Å². The molecule has 7 heteroatoms. The molecule has 0 saturated carbocycles. The lowest BCUT2D eigenvalue weighted by molar-refractivity contribution is -0.384. The summed E-state index contributed by atoms with van der Waals surface area (Å²) in [6.07, 6.45) is 4.12. The molecule has 0 radical (unpaired) electrons. The average molecular weight is 317 g/mol. The third-order valence-corrected chi connectivity index (χ3v) is 3.48. The van der Waals surface area contributed by atoms with Crippen molar-refractivity contribution in [3.8, 4) is 11.1 Å². The number of aromatic amines is 1. The van der Waals surface area contributed by atoms with E-state index < -0.39 is 4.92 Å². The summed E-state index contributed by atoms with van der Waals surface area (Å²) in [5.74, 6) is 0. The number of aromatic nitrogens is 1. The van der Waals surface area contributed by atoms with Crippen LogP contribution in [0.4, 0.5) is 11.4 Å². The third-order valence-electron chi connectivity index (χ3n) is 3.48. The van der Waals surface area contributed by atoms with Crippen LogP contribution >= 0.6 is 0 Å². The molecule has 0 fully saturated rings. The number of anilines is 1. The van der Waals surface area contributed by atoms with Crippen molar-refractivity contribution in [2.24, 2.45) is 0 Å². The van der Waals surface area contributed by atoms with E-state index in [1.165, 1.54) is 17.2 Å². The van der Waals surface area contributed by atoms with Crippen LogP contribution in [-0.4, -0.2) is 22.9 Å². The molecular formula is C16H19N3O4. The van der Waals surface area contributed by atoms with Gasteiger partial charge in [0.1, 0.15) is 0 Å². The van der Waals surface area contributed by atoms with Crippen molar-refractivity contribution in [3.63, 3.8) is 0 Å². The van der Waals surface area contributed by atoms with Gasteiger partial charge in [-0.25, -0.2) is 0 Å². The van der Waals surface area contributed by atoms with E-state index in [9.17, 15) is 14.9 Å². The second kappa shape index (κ2) is 7.55. The van der Waals surface area contributed by atoms with Crippen LogP contribution in [0.5, 0.6) is 0 Å². The van der Waals surface area contributed by atoms with Crippen LogP contribution in [0.1, 0.15) is 25.5 Å². The highest BCUT2D eigenvalue weighted by atomic mass is 16.7. The number of hydrogen-bond acceptors (Lipinski definition) is 4. The fourth-order valence-corrected chi connectivity index (χ4v) is 2.27. The zero-order chi connectivity index (χ0) is 16.8. The maximum Gasteiger partial charge on any atom is 0.269 e. The van der Waals surface area contributed by atoms with E-state index in [2.05, 4.69) is 4.98 Å². The number of hydrogen-bond donors (Lipinski definition) is 1. The molecule has 0 aliphatic heterocycles. The first-order valence-corrected chi connectivity index (χ1v) is 7.38. The second-order valence-electron chi connectivity index (χ2n) is 5.10. The molecule has 2 rings (SSSR count). The zero-order valence-electron chi connectivity index (χ0n) is 13.1. The molecule has 0 unspecified atom stereocenters. The van der Waals surface area contributed by atoms with Crippen LogP contribution in [0, 0.1) is 17.0 Å². The summed E-state index contributed by atoms with van der Waals surface area (Å²) in [6.45, 7) is 4.35. The predicted molar refractivity (Wildman–Crippen MR) is 87.0 cm³/mol. The number of carbonyl (C=O) groups is 1. The summed E-state index contributed by atoms with van der Waals surface area (Å²) in [5, 5.41) is 11.9. The number of nitro groups is 1. The molecule has 0 aliphatic rings. The van der Waals surface area contributed by atoms with Gasteiger partial charge in [0.05, 0.1) is 17.2 Å². The minimum atomic E-state index is -0.444. The lowest BCUT2D eigenvalue weighted by atomic mass is 10.0. The SMILES string of the molecule is CCCCON(C=O)c1c[nH]c(C)c1-c1ccc([N+](=O)[O-])cc1. The molecule has 0 bridgehead atoms. The first-order chi connectivity index (χ1) is 11.1. The second-order valence-corrected chi connectivity index (χ2v) is 5.10. The number of aryl methyl sites for hydroxylation is 1. The Morgan fingerprint density at radius 3 is 2.61 bits per heavy atom. The van der Waals surface area contributed by atoms with Crippen molar-refractivity contribution >= 4 is 17.8 Å². The van der Waals surface area contributed by atoms with E-state index in [1.807, 2.05) is 13.8 Å². The number of H-pyrrole nitrogens is 1. The number of nitrogens with zero attached hydrogens (tertiary/aromatic N) is 2. The summed E-state index contributed by atoms with van der Waals surface area (Å²) in [5.41, 5.74) is 3.01. The van der Waals surface area contributed by atoms with Crippen molar-refractivity contribution in [1.82, 2.24) is 4.98 Å². The average Bonchev–Trinajstić information content (AvgIpc) is 2.93. The summed E-state index contributed by atoms with van der Waals surface area (Å²) in [4.78, 5) is 30.2. The molecule has 122 valence electrons. The fourth-order valence-electron chi connectivity index (χ4n) is 2.27. The molecule has 1 heterocycles. The van der Waals surface area contributed by atoms with Gasteiger partial charge in [0, 0.05) is 29.6 Å². The van der Waals surface area contributed by atoms with Crippen LogP contribution in [0.25, 0.3) is 11.1 Å². The number of non-ortho nitro benzene ring substituents is 1. The standard InChI is InChI=1S/C16H19N3O4/c1-3-4-9-23-18(11-20)15-10-17-12(2)16(15)13-5-7-14(8-6-13)19(21)22/h5-8,10-11,17H,3-4,9H2,1-2H3. The number of rotatable bonds is 8. The Labute approximate surface area is 134 Å². The van der Waals surface area contributed by atoms with Gasteiger partial charge in [-0.1, -0.05) is 13.3 Å². The molecule has 1 aromatic carbocycles. The normalized spacial score (nSPS) is 10.5. The molecule has 7 nitrogen and oxygen atoms in total. The maximum absolute atomic E-state index is 11.3. The number of amides is 1. The van der Waals surface area contributed by atoms with Crippen molar-refractivity contribution in [3.05, 3.63) is 46.3 Å². The van der Waals surface area contributed by atoms with Gasteiger partial charge in [-0.15, -0.1) is 0 Å². The van der Waals surface area contributed by atoms with Gasteiger partial charge in [0.2, 0.25) is 6.41 Å². The Morgan fingerprint density at radius 1 is 1.35 bits per heavy atom. The zero-order valence-corrected chi connectivity index (χ0v) is 13.1. The molecule has 1 aromatic heterocycles. The molecule has 23 heavy (non-hydrogen) atoms. The van der Waals surface area contributed by atoms with Gasteiger partial charge in [-0.3, -0.25) is 19.7 Å². The smallest absolute Gasteiger partial charge is 0.269 e. The quantitative estimate of drug-likeness (QED) is 0.349. The van der Waals surface area contributed by atoms with E-state index in [4.69, 9.17) is 4.84 Å². The molecular weight excluding hydrogens is 298 g/mol. The van der Waals surface area contributed by atoms with Crippen molar-refractivity contribution < 1.29 is 14.6 Å². The van der Waals surface area contributed by atoms with Gasteiger partial charge < -0.3 is 4.98 Å². The minimum Gasteiger partial charge on any atom is -0.363 e. The predicted octanol–water partition coefficient (Wildman–Crippen LogP) is 3.59. The number of nitrogens with one attached hydrogen (secondary N) is 1. The highest BCUT2D eigenvalue weighted by molar-refractivity contribution is 5.87.